The van der Waals surface area contributed by atoms with Crippen molar-refractivity contribution in [3.8, 4) is 0 Å². The van der Waals surface area contributed by atoms with E-state index in [4.69, 9.17) is 0 Å². The van der Waals surface area contributed by atoms with Crippen LogP contribution in [-0.2, 0) is 0 Å². The van der Waals surface area contributed by atoms with Crippen LogP contribution in [-0.4, -0.2) is 9.66 Å². The van der Waals surface area contributed by atoms with Crippen LogP contribution in [0.2, 0.25) is 0 Å². The summed E-state index contributed by atoms with van der Waals surface area (Å²) in [6.07, 6.45) is 1.82. The average Bonchev–Trinajstić information content (AvgIpc) is 2.82. The van der Waals surface area contributed by atoms with Gasteiger partial charge in [-0.25, -0.2) is 9.99 Å². The van der Waals surface area contributed by atoms with Crippen LogP contribution in [0, 0.1) is 13.8 Å². The van der Waals surface area contributed by atoms with Gasteiger partial charge in [-0.2, -0.15) is 0 Å². The molecule has 0 saturated carbocycles. The smallest absolute Gasteiger partial charge is 0.152 e. The zero-order valence-electron chi connectivity index (χ0n) is 11.7. The van der Waals surface area contributed by atoms with E-state index in [1.54, 1.807) is 0 Å². The minimum absolute atomic E-state index is 0.904. The lowest BCUT2D eigenvalue weighted by atomic mass is 10.3. The first kappa shape index (κ1) is 12.5. The predicted octanol–water partition coefficient (Wildman–Crippen LogP) is 4.10. The van der Waals surface area contributed by atoms with Crippen molar-refractivity contribution < 1.29 is 0 Å². The minimum atomic E-state index is 0.904. The number of para-hydroxylation sites is 1. The van der Waals surface area contributed by atoms with Gasteiger partial charge in [0.05, 0.1) is 5.69 Å². The molecule has 1 aromatic carbocycles. The third kappa shape index (κ3) is 2.18. The maximum absolute atomic E-state index is 4.50. The standard InChI is InChI=1S/C17H17N3/c1-14-11-12-15(2)19(14)20(16-8-4-3-5-9-16)17-10-6-7-13-18-17/h3-13H,1-2H3. The molecule has 0 unspecified atom stereocenters. The van der Waals surface area contributed by atoms with Gasteiger partial charge >= 0.3 is 0 Å². The van der Waals surface area contributed by atoms with Crippen LogP contribution in [0.1, 0.15) is 11.4 Å². The second-order valence-electron chi connectivity index (χ2n) is 4.76. The Hall–Kier alpha value is -2.55. The van der Waals surface area contributed by atoms with E-state index in [9.17, 15) is 0 Å². The highest BCUT2D eigenvalue weighted by atomic mass is 15.6. The SMILES string of the molecule is Cc1ccc(C)n1N(c1ccccc1)c1ccccn1. The van der Waals surface area contributed by atoms with E-state index in [0.29, 0.717) is 0 Å². The maximum Gasteiger partial charge on any atom is 0.152 e. The first-order chi connectivity index (χ1) is 9.77. The Morgan fingerprint density at radius 3 is 2.05 bits per heavy atom. The van der Waals surface area contributed by atoms with Gasteiger partial charge in [-0.15, -0.1) is 0 Å². The molecule has 0 fully saturated rings. The molecule has 3 heteroatoms. The summed E-state index contributed by atoms with van der Waals surface area (Å²) < 4.78 is 2.18. The lowest BCUT2D eigenvalue weighted by Gasteiger charge is -2.28. The van der Waals surface area contributed by atoms with Crippen LogP contribution in [0.5, 0.6) is 0 Å². The van der Waals surface area contributed by atoms with E-state index in [1.807, 2.05) is 42.6 Å². The highest BCUT2D eigenvalue weighted by Crippen LogP contribution is 2.26. The summed E-state index contributed by atoms with van der Waals surface area (Å²) >= 11 is 0. The summed E-state index contributed by atoms with van der Waals surface area (Å²) in [6.45, 7) is 4.21. The van der Waals surface area contributed by atoms with Crippen molar-refractivity contribution in [1.82, 2.24) is 9.66 Å². The molecule has 3 aromatic rings. The molecular formula is C17H17N3. The monoisotopic (exact) mass is 263 g/mol. The van der Waals surface area contributed by atoms with Crippen molar-refractivity contribution in [2.45, 2.75) is 13.8 Å². The number of rotatable bonds is 3. The van der Waals surface area contributed by atoms with Crippen LogP contribution in [0.15, 0.2) is 66.9 Å². The Morgan fingerprint density at radius 1 is 0.800 bits per heavy atom. The molecule has 0 radical (unpaired) electrons. The quantitative estimate of drug-likeness (QED) is 0.709. The Morgan fingerprint density at radius 2 is 1.45 bits per heavy atom. The van der Waals surface area contributed by atoms with E-state index in [2.05, 4.69) is 52.8 Å². The summed E-state index contributed by atoms with van der Waals surface area (Å²) in [7, 11) is 0. The number of hydrogen-bond donors (Lipinski definition) is 0. The molecule has 2 heterocycles. The molecular weight excluding hydrogens is 246 g/mol. The molecule has 2 aromatic heterocycles. The molecule has 0 atom stereocenters. The first-order valence-corrected chi connectivity index (χ1v) is 6.69. The normalized spacial score (nSPS) is 10.5. The van der Waals surface area contributed by atoms with Crippen molar-refractivity contribution >= 4 is 11.5 Å². The lowest BCUT2D eigenvalue weighted by molar-refractivity contribution is 0.754. The number of benzene rings is 1. The number of aryl methyl sites for hydroxylation is 2. The highest BCUT2D eigenvalue weighted by molar-refractivity contribution is 5.59. The maximum atomic E-state index is 4.50. The molecule has 0 spiro atoms. The van der Waals surface area contributed by atoms with E-state index in [0.717, 1.165) is 11.5 Å². The number of pyridine rings is 1. The Bertz CT molecular complexity index is 628. The molecule has 0 saturated heterocycles. The first-order valence-electron chi connectivity index (χ1n) is 6.69. The van der Waals surface area contributed by atoms with Crippen molar-refractivity contribution in [2.24, 2.45) is 0 Å². The van der Waals surface area contributed by atoms with Gasteiger partial charge < -0.3 is 0 Å². The fraction of sp³-hybridized carbons (Fsp3) is 0.118. The molecule has 0 aliphatic heterocycles. The third-order valence-corrected chi connectivity index (χ3v) is 3.30. The van der Waals surface area contributed by atoms with Crippen LogP contribution < -0.4 is 5.01 Å². The van der Waals surface area contributed by atoms with E-state index in [-0.39, 0.29) is 0 Å². The molecule has 0 amide bonds. The topological polar surface area (TPSA) is 21.1 Å². The van der Waals surface area contributed by atoms with Gasteiger partial charge in [-0.1, -0.05) is 24.3 Å². The summed E-state index contributed by atoms with van der Waals surface area (Å²) in [5.74, 6) is 0.904. The van der Waals surface area contributed by atoms with Gasteiger partial charge in [0.1, 0.15) is 0 Å². The van der Waals surface area contributed by atoms with Crippen LogP contribution in [0.3, 0.4) is 0 Å². The molecule has 0 N–H and O–H groups in total. The molecule has 3 rings (SSSR count). The molecule has 3 nitrogen and oxygen atoms in total. The molecule has 20 heavy (non-hydrogen) atoms. The van der Waals surface area contributed by atoms with Crippen molar-refractivity contribution in [3.05, 3.63) is 78.2 Å². The molecule has 0 aliphatic rings. The van der Waals surface area contributed by atoms with Crippen LogP contribution in [0.25, 0.3) is 0 Å². The van der Waals surface area contributed by atoms with Gasteiger partial charge in [0, 0.05) is 17.6 Å². The number of aromatic nitrogens is 2. The summed E-state index contributed by atoms with van der Waals surface area (Å²) in [6, 6.07) is 20.5. The zero-order chi connectivity index (χ0) is 13.9. The number of anilines is 2. The summed E-state index contributed by atoms with van der Waals surface area (Å²) in [4.78, 5) is 4.50. The van der Waals surface area contributed by atoms with Gasteiger partial charge in [0.15, 0.2) is 5.82 Å². The second-order valence-corrected chi connectivity index (χ2v) is 4.76. The van der Waals surface area contributed by atoms with Gasteiger partial charge in [0.25, 0.3) is 0 Å². The predicted molar refractivity (Wildman–Crippen MR) is 82.1 cm³/mol. The Kier molecular flexibility index (Phi) is 3.25. The minimum Gasteiger partial charge on any atom is -0.256 e. The van der Waals surface area contributed by atoms with Crippen LogP contribution in [0.4, 0.5) is 11.5 Å². The largest absolute Gasteiger partial charge is 0.256 e. The number of nitrogens with zero attached hydrogens (tertiary/aromatic N) is 3. The van der Waals surface area contributed by atoms with Gasteiger partial charge in [0.2, 0.25) is 0 Å². The fourth-order valence-corrected chi connectivity index (χ4v) is 2.37. The average molecular weight is 263 g/mol. The van der Waals surface area contributed by atoms with E-state index < -0.39 is 0 Å². The lowest BCUT2D eigenvalue weighted by Crippen LogP contribution is -2.27. The summed E-state index contributed by atoms with van der Waals surface area (Å²) in [5.41, 5.74) is 3.45. The molecule has 0 aliphatic carbocycles. The third-order valence-electron chi connectivity index (χ3n) is 3.30. The zero-order valence-corrected chi connectivity index (χ0v) is 11.7. The fourth-order valence-electron chi connectivity index (χ4n) is 2.37. The second kappa shape index (κ2) is 5.21. The van der Waals surface area contributed by atoms with Crippen molar-refractivity contribution in [1.29, 1.82) is 0 Å². The van der Waals surface area contributed by atoms with Gasteiger partial charge in [-0.3, -0.25) is 4.68 Å². The van der Waals surface area contributed by atoms with E-state index in [1.165, 1.54) is 11.4 Å². The summed E-state index contributed by atoms with van der Waals surface area (Å²) in [5, 5.41) is 2.13. The van der Waals surface area contributed by atoms with Crippen molar-refractivity contribution in [2.75, 3.05) is 5.01 Å². The Labute approximate surface area is 119 Å². The van der Waals surface area contributed by atoms with Crippen LogP contribution >= 0.6 is 0 Å². The Balaban J connectivity index is 2.20. The number of hydrogen-bond acceptors (Lipinski definition) is 2. The van der Waals surface area contributed by atoms with Crippen molar-refractivity contribution in [3.63, 3.8) is 0 Å². The molecule has 0 bridgehead atoms. The van der Waals surface area contributed by atoms with E-state index >= 15 is 0 Å². The highest BCUT2D eigenvalue weighted by Gasteiger charge is 2.15. The van der Waals surface area contributed by atoms with Gasteiger partial charge in [-0.05, 0) is 50.2 Å². The molecule has 100 valence electrons.